The van der Waals surface area contributed by atoms with E-state index in [1.54, 1.807) is 14.2 Å². The number of para-hydroxylation sites is 1. The van der Waals surface area contributed by atoms with E-state index in [1.165, 1.54) is 0 Å². The van der Waals surface area contributed by atoms with Crippen LogP contribution < -0.4 is 14.8 Å². The van der Waals surface area contributed by atoms with Crippen LogP contribution in [-0.4, -0.2) is 44.2 Å². The zero-order chi connectivity index (χ0) is 16.2. The molecule has 5 nitrogen and oxygen atoms in total. The molecule has 1 saturated carbocycles. The van der Waals surface area contributed by atoms with E-state index in [0.717, 1.165) is 50.1 Å². The molecule has 1 aromatic carbocycles. The van der Waals surface area contributed by atoms with Crippen LogP contribution in [0.15, 0.2) is 18.2 Å². The Morgan fingerprint density at radius 2 is 2.04 bits per heavy atom. The van der Waals surface area contributed by atoms with Crippen LogP contribution in [0.1, 0.15) is 31.2 Å². The fourth-order valence-corrected chi connectivity index (χ4v) is 3.33. The van der Waals surface area contributed by atoms with Crippen molar-refractivity contribution >= 4 is 18.3 Å². The summed E-state index contributed by atoms with van der Waals surface area (Å²) in [5.41, 5.74) is 1.01. The van der Waals surface area contributed by atoms with E-state index in [0.29, 0.717) is 18.3 Å². The number of carbonyl (C=O) groups excluding carboxylic acids is 1. The summed E-state index contributed by atoms with van der Waals surface area (Å²) in [6.45, 7) is 2.43. The van der Waals surface area contributed by atoms with Gasteiger partial charge in [0.1, 0.15) is 0 Å². The lowest BCUT2D eigenvalue weighted by molar-refractivity contribution is -0.137. The third-order valence-corrected chi connectivity index (χ3v) is 4.74. The van der Waals surface area contributed by atoms with E-state index in [1.807, 2.05) is 18.2 Å². The lowest BCUT2D eigenvalue weighted by atomic mass is 9.97. The van der Waals surface area contributed by atoms with Gasteiger partial charge in [0.15, 0.2) is 11.5 Å². The fraction of sp³-hybridized carbons (Fsp3) is 0.611. The average molecular weight is 355 g/mol. The number of piperidine rings is 1. The first-order valence-electron chi connectivity index (χ1n) is 8.45. The molecular weight excluding hydrogens is 328 g/mol. The van der Waals surface area contributed by atoms with Crippen molar-refractivity contribution in [1.82, 2.24) is 10.2 Å². The van der Waals surface area contributed by atoms with E-state index in [4.69, 9.17) is 9.47 Å². The highest BCUT2D eigenvalue weighted by Crippen LogP contribution is 2.35. The van der Waals surface area contributed by atoms with Gasteiger partial charge in [-0.2, -0.15) is 0 Å². The SMILES string of the molecule is COc1cccc(CN(C(=O)C2CCCNC2)C2CC2)c1OC.Cl. The topological polar surface area (TPSA) is 50.8 Å². The minimum Gasteiger partial charge on any atom is -0.493 e. The van der Waals surface area contributed by atoms with Crippen LogP contribution in [0.5, 0.6) is 11.5 Å². The molecule has 0 spiro atoms. The Kier molecular flexibility index (Phi) is 6.75. The Labute approximate surface area is 150 Å². The Morgan fingerprint density at radius 1 is 1.25 bits per heavy atom. The van der Waals surface area contributed by atoms with Gasteiger partial charge in [-0.05, 0) is 38.3 Å². The van der Waals surface area contributed by atoms with Crippen molar-refractivity contribution in [2.75, 3.05) is 27.3 Å². The third-order valence-electron chi connectivity index (χ3n) is 4.74. The monoisotopic (exact) mass is 354 g/mol. The van der Waals surface area contributed by atoms with Crippen molar-refractivity contribution in [3.05, 3.63) is 23.8 Å². The average Bonchev–Trinajstić information content (AvgIpc) is 3.44. The number of methoxy groups -OCH3 is 2. The van der Waals surface area contributed by atoms with Gasteiger partial charge in [0.05, 0.1) is 20.1 Å². The quantitative estimate of drug-likeness (QED) is 0.853. The second-order valence-electron chi connectivity index (χ2n) is 6.39. The second kappa shape index (κ2) is 8.58. The molecule has 1 atom stereocenters. The van der Waals surface area contributed by atoms with E-state index >= 15 is 0 Å². The van der Waals surface area contributed by atoms with Gasteiger partial charge < -0.3 is 19.7 Å². The maximum atomic E-state index is 13.0. The van der Waals surface area contributed by atoms with Crippen molar-refractivity contribution in [3.63, 3.8) is 0 Å². The molecule has 3 rings (SSSR count). The number of hydrogen-bond acceptors (Lipinski definition) is 4. The number of nitrogens with zero attached hydrogens (tertiary/aromatic N) is 1. The van der Waals surface area contributed by atoms with Gasteiger partial charge in [-0.15, -0.1) is 12.4 Å². The molecule has 134 valence electrons. The van der Waals surface area contributed by atoms with Crippen molar-refractivity contribution in [1.29, 1.82) is 0 Å². The first-order valence-corrected chi connectivity index (χ1v) is 8.45. The molecule has 24 heavy (non-hydrogen) atoms. The minimum absolute atomic E-state index is 0. The molecule has 1 saturated heterocycles. The Hall–Kier alpha value is -1.46. The zero-order valence-corrected chi connectivity index (χ0v) is 15.2. The molecule has 2 aliphatic rings. The van der Waals surface area contributed by atoms with Crippen molar-refractivity contribution in [2.24, 2.45) is 5.92 Å². The van der Waals surface area contributed by atoms with E-state index in [9.17, 15) is 4.79 Å². The Balaban J connectivity index is 0.00000208. The van der Waals surface area contributed by atoms with Crippen LogP contribution in [0.25, 0.3) is 0 Å². The molecule has 1 amide bonds. The van der Waals surface area contributed by atoms with Gasteiger partial charge in [0, 0.05) is 24.7 Å². The highest BCUT2D eigenvalue weighted by atomic mass is 35.5. The summed E-state index contributed by atoms with van der Waals surface area (Å²) in [7, 11) is 3.29. The Morgan fingerprint density at radius 3 is 2.62 bits per heavy atom. The lowest BCUT2D eigenvalue weighted by Gasteiger charge is -2.30. The predicted molar refractivity (Wildman–Crippen MR) is 96.0 cm³/mol. The highest BCUT2D eigenvalue weighted by Gasteiger charge is 2.36. The molecule has 0 radical (unpaired) electrons. The van der Waals surface area contributed by atoms with E-state index in [2.05, 4.69) is 10.2 Å². The molecule has 1 aromatic rings. The van der Waals surface area contributed by atoms with Gasteiger partial charge >= 0.3 is 0 Å². The first kappa shape index (κ1) is 18.9. The first-order chi connectivity index (χ1) is 11.2. The fourth-order valence-electron chi connectivity index (χ4n) is 3.33. The largest absolute Gasteiger partial charge is 0.493 e. The van der Waals surface area contributed by atoms with Gasteiger partial charge in [-0.25, -0.2) is 0 Å². The maximum Gasteiger partial charge on any atom is 0.227 e. The molecule has 1 N–H and O–H groups in total. The van der Waals surface area contributed by atoms with Gasteiger partial charge in [-0.3, -0.25) is 4.79 Å². The van der Waals surface area contributed by atoms with Gasteiger partial charge in [-0.1, -0.05) is 12.1 Å². The number of nitrogens with one attached hydrogen (secondary N) is 1. The number of amides is 1. The molecule has 0 aromatic heterocycles. The van der Waals surface area contributed by atoms with E-state index < -0.39 is 0 Å². The lowest BCUT2D eigenvalue weighted by Crippen LogP contribution is -2.43. The van der Waals surface area contributed by atoms with Crippen molar-refractivity contribution < 1.29 is 14.3 Å². The summed E-state index contributed by atoms with van der Waals surface area (Å²) in [4.78, 5) is 15.0. The van der Waals surface area contributed by atoms with Crippen LogP contribution in [0.2, 0.25) is 0 Å². The molecule has 6 heteroatoms. The summed E-state index contributed by atoms with van der Waals surface area (Å²) in [5.74, 6) is 1.84. The molecule has 1 aliphatic heterocycles. The predicted octanol–water partition coefficient (Wildman–Crippen LogP) is 2.62. The smallest absolute Gasteiger partial charge is 0.227 e. The van der Waals surface area contributed by atoms with Gasteiger partial charge in [0.25, 0.3) is 0 Å². The number of hydrogen-bond donors (Lipinski definition) is 1. The summed E-state index contributed by atoms with van der Waals surface area (Å²) >= 11 is 0. The molecule has 1 aliphatic carbocycles. The maximum absolute atomic E-state index is 13.0. The number of benzene rings is 1. The van der Waals surface area contributed by atoms with Crippen LogP contribution in [-0.2, 0) is 11.3 Å². The van der Waals surface area contributed by atoms with Crippen LogP contribution in [0.3, 0.4) is 0 Å². The van der Waals surface area contributed by atoms with Crippen LogP contribution >= 0.6 is 12.4 Å². The van der Waals surface area contributed by atoms with E-state index in [-0.39, 0.29) is 24.2 Å². The number of carbonyl (C=O) groups is 1. The normalized spacial score (nSPS) is 20.0. The minimum atomic E-state index is 0. The summed E-state index contributed by atoms with van der Waals surface area (Å²) in [6.07, 6.45) is 4.29. The molecule has 1 unspecified atom stereocenters. The van der Waals surface area contributed by atoms with Crippen LogP contribution in [0, 0.1) is 5.92 Å². The zero-order valence-electron chi connectivity index (χ0n) is 14.4. The molecule has 2 fully saturated rings. The molecule has 0 bridgehead atoms. The third kappa shape index (κ3) is 4.14. The second-order valence-corrected chi connectivity index (χ2v) is 6.39. The van der Waals surface area contributed by atoms with Crippen molar-refractivity contribution in [2.45, 2.75) is 38.3 Å². The number of halogens is 1. The standard InChI is InChI=1S/C18H26N2O3.ClH/c1-22-16-7-3-5-14(17(16)23-2)12-20(15-8-9-15)18(21)13-6-4-10-19-11-13;/h3,5,7,13,15,19H,4,6,8-12H2,1-2H3;1H. The molecular formula is C18H27ClN2O3. The number of ether oxygens (including phenoxy) is 2. The van der Waals surface area contributed by atoms with Crippen LogP contribution in [0.4, 0.5) is 0 Å². The van der Waals surface area contributed by atoms with Gasteiger partial charge in [0.2, 0.25) is 5.91 Å². The number of rotatable bonds is 6. The highest BCUT2D eigenvalue weighted by molar-refractivity contribution is 5.85. The summed E-state index contributed by atoms with van der Waals surface area (Å²) < 4.78 is 10.9. The van der Waals surface area contributed by atoms with Crippen molar-refractivity contribution in [3.8, 4) is 11.5 Å². The summed E-state index contributed by atoms with van der Waals surface area (Å²) in [5, 5.41) is 3.34. The summed E-state index contributed by atoms with van der Waals surface area (Å²) in [6, 6.07) is 6.24. The molecule has 1 heterocycles. The Bertz CT molecular complexity index is 557.